The molecule has 14 heteroatoms. The molecular weight excluding hydrogens is 630 g/mol. The van der Waals surface area contributed by atoms with Crippen LogP contribution >= 0.6 is 0 Å². The second-order valence-corrected chi connectivity index (χ2v) is 11.1. The van der Waals surface area contributed by atoms with Crippen LogP contribution in [0.3, 0.4) is 0 Å². The van der Waals surface area contributed by atoms with E-state index in [0.29, 0.717) is 17.2 Å². The summed E-state index contributed by atoms with van der Waals surface area (Å²) in [5.74, 6) is -1.88. The third-order valence-electron chi connectivity index (χ3n) is 7.47. The first-order chi connectivity index (χ1) is 22.3. The van der Waals surface area contributed by atoms with Gasteiger partial charge in [0.2, 0.25) is 5.96 Å². The third kappa shape index (κ3) is 11.5. The average molecular weight is 665 g/mol. The molecule has 0 aromatic heterocycles. The Morgan fingerprint density at radius 3 is 2.09 bits per heavy atom. The van der Waals surface area contributed by atoms with Crippen LogP contribution < -0.4 is 20.3 Å². The molecule has 0 aliphatic heterocycles. The van der Waals surface area contributed by atoms with E-state index in [1.807, 2.05) is 12.1 Å². The van der Waals surface area contributed by atoms with Gasteiger partial charge in [-0.15, -0.1) is 13.2 Å². The maximum atomic E-state index is 13.4. The molecule has 1 saturated carbocycles. The zero-order valence-electron chi connectivity index (χ0n) is 25.2. The molecule has 252 valence electrons. The van der Waals surface area contributed by atoms with Crippen LogP contribution in [0.2, 0.25) is 0 Å². The zero-order valence-corrected chi connectivity index (χ0v) is 25.2. The van der Waals surface area contributed by atoms with Crippen molar-refractivity contribution in [2.45, 2.75) is 63.5 Å². The van der Waals surface area contributed by atoms with Crippen LogP contribution in [-0.2, 0) is 11.3 Å². The fourth-order valence-corrected chi connectivity index (χ4v) is 5.21. The van der Waals surface area contributed by atoms with Crippen LogP contribution in [0.4, 0.5) is 37.7 Å². The normalized spacial score (nSPS) is 14.4. The lowest BCUT2D eigenvalue weighted by atomic mass is 9.84. The smallest absolute Gasteiger partial charge is 0.481 e. The quantitative estimate of drug-likeness (QED) is 0.110. The van der Waals surface area contributed by atoms with E-state index in [1.54, 1.807) is 24.3 Å². The van der Waals surface area contributed by atoms with Gasteiger partial charge in [-0.2, -0.15) is 13.2 Å². The molecule has 3 aromatic rings. The number of alkyl halides is 6. The molecule has 4 rings (SSSR count). The monoisotopic (exact) mass is 664 g/mol. The lowest BCUT2D eigenvalue weighted by Crippen LogP contribution is -2.37. The SMILES string of the molecule is O=C(O)CCNC(=O)c1ccc(CN(C(=NCC(F)(F)F)Nc2ccc(OC(F)(F)F)cc2)c2ccc(C3CCCCC3)cc2)cc1. The predicted octanol–water partition coefficient (Wildman–Crippen LogP) is 7.87. The Morgan fingerprint density at radius 2 is 1.51 bits per heavy atom. The van der Waals surface area contributed by atoms with Gasteiger partial charge < -0.3 is 25.4 Å². The second-order valence-electron chi connectivity index (χ2n) is 11.1. The number of amides is 1. The second kappa shape index (κ2) is 15.7. The standard InChI is InChI=1S/C33H34F6N4O4/c34-32(35,36)21-41-31(42-26-12-16-28(17-13-26)47-33(37,38)39)43(27-14-10-24(11-15-27)23-4-2-1-3-5-23)20-22-6-8-25(9-7-22)30(46)40-19-18-29(44)45/h6-17,23H,1-5,18-21H2,(H,40,46)(H,41,42)(H,44,45). The fourth-order valence-electron chi connectivity index (χ4n) is 5.21. The van der Waals surface area contributed by atoms with E-state index in [9.17, 15) is 35.9 Å². The Balaban J connectivity index is 1.65. The largest absolute Gasteiger partial charge is 0.573 e. The summed E-state index contributed by atoms with van der Waals surface area (Å²) in [6.45, 7) is -1.59. The summed E-state index contributed by atoms with van der Waals surface area (Å²) in [6, 6.07) is 18.2. The minimum atomic E-state index is -4.91. The first kappa shape index (κ1) is 35.1. The number of nitrogens with zero attached hydrogens (tertiary/aromatic N) is 2. The molecule has 0 saturated heterocycles. The van der Waals surface area contributed by atoms with Crippen molar-refractivity contribution in [1.29, 1.82) is 0 Å². The first-order valence-electron chi connectivity index (χ1n) is 15.0. The molecule has 47 heavy (non-hydrogen) atoms. The topological polar surface area (TPSA) is 103 Å². The summed E-state index contributed by atoms with van der Waals surface area (Å²) in [6.07, 6.45) is -4.29. The van der Waals surface area contributed by atoms with Crippen LogP contribution in [0.25, 0.3) is 0 Å². The number of ether oxygens (including phenoxy) is 1. The number of carboxylic acid groups (broad SMARTS) is 1. The molecule has 0 radical (unpaired) electrons. The number of carbonyl (C=O) groups is 2. The van der Waals surface area contributed by atoms with Gasteiger partial charge in [0.05, 0.1) is 13.0 Å². The molecule has 3 aromatic carbocycles. The number of halogens is 6. The highest BCUT2D eigenvalue weighted by molar-refractivity contribution is 6.05. The molecule has 0 bridgehead atoms. The van der Waals surface area contributed by atoms with E-state index >= 15 is 0 Å². The van der Waals surface area contributed by atoms with Crippen LogP contribution in [0, 0.1) is 0 Å². The number of rotatable bonds is 11. The minimum Gasteiger partial charge on any atom is -0.481 e. The van der Waals surface area contributed by atoms with Gasteiger partial charge in [0, 0.05) is 23.5 Å². The number of aliphatic imine (C=N–C) groups is 1. The molecular formula is C33H34F6N4O4. The van der Waals surface area contributed by atoms with Crippen molar-refractivity contribution in [3.63, 3.8) is 0 Å². The predicted molar refractivity (Wildman–Crippen MR) is 165 cm³/mol. The summed E-state index contributed by atoms with van der Waals surface area (Å²) >= 11 is 0. The number of anilines is 2. The first-order valence-corrected chi connectivity index (χ1v) is 15.0. The van der Waals surface area contributed by atoms with E-state index in [2.05, 4.69) is 20.4 Å². The molecule has 0 spiro atoms. The van der Waals surface area contributed by atoms with Crippen LogP contribution in [-0.4, -0.2) is 48.6 Å². The lowest BCUT2D eigenvalue weighted by Gasteiger charge is -2.29. The van der Waals surface area contributed by atoms with Crippen molar-refractivity contribution >= 4 is 29.2 Å². The van der Waals surface area contributed by atoms with E-state index in [1.165, 1.54) is 35.6 Å². The van der Waals surface area contributed by atoms with Crippen LogP contribution in [0.15, 0.2) is 77.8 Å². The summed E-state index contributed by atoms with van der Waals surface area (Å²) in [5, 5.41) is 14.1. The number of carbonyl (C=O) groups excluding carboxylic acids is 1. The number of aliphatic carboxylic acids is 1. The maximum Gasteiger partial charge on any atom is 0.573 e. The Labute approximate surface area is 267 Å². The number of nitrogens with one attached hydrogen (secondary N) is 2. The molecule has 1 fully saturated rings. The summed E-state index contributed by atoms with van der Waals surface area (Å²) in [7, 11) is 0. The van der Waals surface area contributed by atoms with Gasteiger partial charge in [0.1, 0.15) is 12.3 Å². The van der Waals surface area contributed by atoms with Gasteiger partial charge in [0.25, 0.3) is 5.91 Å². The van der Waals surface area contributed by atoms with E-state index in [0.717, 1.165) is 43.4 Å². The highest BCUT2D eigenvalue weighted by atomic mass is 19.4. The van der Waals surface area contributed by atoms with Gasteiger partial charge in [-0.25, -0.2) is 4.99 Å². The maximum absolute atomic E-state index is 13.4. The Kier molecular flexibility index (Phi) is 11.7. The van der Waals surface area contributed by atoms with Crippen LogP contribution in [0.5, 0.6) is 5.75 Å². The van der Waals surface area contributed by atoms with Crippen molar-refractivity contribution in [3.8, 4) is 5.75 Å². The Morgan fingerprint density at radius 1 is 0.872 bits per heavy atom. The van der Waals surface area contributed by atoms with E-state index in [4.69, 9.17) is 5.11 Å². The molecule has 3 N–H and O–H groups in total. The molecule has 1 aliphatic carbocycles. The molecule has 0 atom stereocenters. The van der Waals surface area contributed by atoms with Crippen molar-refractivity contribution in [3.05, 3.63) is 89.5 Å². The summed E-state index contributed by atoms with van der Waals surface area (Å²) in [4.78, 5) is 28.5. The number of hydrogen-bond donors (Lipinski definition) is 3. The van der Waals surface area contributed by atoms with Crippen molar-refractivity contribution in [2.75, 3.05) is 23.3 Å². The Bertz CT molecular complexity index is 1500. The van der Waals surface area contributed by atoms with Gasteiger partial charge in [-0.05, 0) is 78.4 Å². The van der Waals surface area contributed by atoms with Crippen molar-refractivity contribution in [1.82, 2.24) is 5.32 Å². The van der Waals surface area contributed by atoms with Crippen LogP contribution in [0.1, 0.15) is 65.9 Å². The lowest BCUT2D eigenvalue weighted by molar-refractivity contribution is -0.274. The van der Waals surface area contributed by atoms with Crippen molar-refractivity contribution < 1.29 is 45.8 Å². The minimum absolute atomic E-state index is 0.00263. The summed E-state index contributed by atoms with van der Waals surface area (Å²) < 4.78 is 82.1. The number of guanidine groups is 1. The number of hydrogen-bond acceptors (Lipinski definition) is 4. The van der Waals surface area contributed by atoms with E-state index in [-0.39, 0.29) is 36.7 Å². The van der Waals surface area contributed by atoms with Crippen molar-refractivity contribution in [2.24, 2.45) is 4.99 Å². The zero-order chi connectivity index (χ0) is 34.0. The third-order valence-corrected chi connectivity index (χ3v) is 7.47. The van der Waals surface area contributed by atoms with Gasteiger partial charge in [0.15, 0.2) is 0 Å². The van der Waals surface area contributed by atoms with Gasteiger partial charge >= 0.3 is 18.5 Å². The van der Waals surface area contributed by atoms with E-state index < -0.39 is 36.7 Å². The molecule has 0 unspecified atom stereocenters. The Hall–Kier alpha value is -4.75. The summed E-state index contributed by atoms with van der Waals surface area (Å²) in [5.41, 5.74) is 2.64. The van der Waals surface area contributed by atoms with Gasteiger partial charge in [-0.3, -0.25) is 9.59 Å². The molecule has 0 heterocycles. The number of benzene rings is 3. The highest BCUT2D eigenvalue weighted by Gasteiger charge is 2.31. The number of carboxylic acids is 1. The molecule has 1 aliphatic rings. The highest BCUT2D eigenvalue weighted by Crippen LogP contribution is 2.34. The molecule has 1 amide bonds. The van der Waals surface area contributed by atoms with Gasteiger partial charge in [-0.1, -0.05) is 43.5 Å². The fraction of sp³-hybridized carbons (Fsp3) is 0.364. The average Bonchev–Trinajstić information content (AvgIpc) is 3.02. The molecule has 8 nitrogen and oxygen atoms in total.